The van der Waals surface area contributed by atoms with Crippen LogP contribution in [0, 0.1) is 6.92 Å². The van der Waals surface area contributed by atoms with Crippen molar-refractivity contribution in [2.24, 2.45) is 0 Å². The summed E-state index contributed by atoms with van der Waals surface area (Å²) < 4.78 is 28.2. The third kappa shape index (κ3) is 4.23. The van der Waals surface area contributed by atoms with E-state index in [4.69, 9.17) is 19.6 Å². The van der Waals surface area contributed by atoms with E-state index in [1.54, 1.807) is 7.11 Å². The fraction of sp³-hybridized carbons (Fsp3) is 0.607. The van der Waals surface area contributed by atoms with Crippen LogP contribution in [-0.2, 0) is 4.74 Å². The molecule has 4 saturated heterocycles. The van der Waals surface area contributed by atoms with Crippen LogP contribution in [0.5, 0.6) is 6.01 Å². The van der Waals surface area contributed by atoms with Crippen LogP contribution in [0.2, 0.25) is 0 Å². The number of hydrogen-bond acceptors (Lipinski definition) is 8. The predicted octanol–water partition coefficient (Wildman–Crippen LogP) is 2.94. The van der Waals surface area contributed by atoms with Gasteiger partial charge in [0.1, 0.15) is 12.0 Å². The highest BCUT2D eigenvalue weighted by Gasteiger charge is 2.37. The third-order valence-electron chi connectivity index (χ3n) is 9.05. The minimum atomic E-state index is -0.906. The number of hydrogen-bond donors (Lipinski definition) is 0. The van der Waals surface area contributed by atoms with Crippen molar-refractivity contribution in [2.75, 3.05) is 64.5 Å². The van der Waals surface area contributed by atoms with Crippen molar-refractivity contribution in [2.45, 2.75) is 50.4 Å². The first-order valence-electron chi connectivity index (χ1n) is 13.9. The zero-order valence-electron chi connectivity index (χ0n) is 22.2. The lowest BCUT2D eigenvalue weighted by Gasteiger charge is -2.43. The molecule has 202 valence electrons. The van der Waals surface area contributed by atoms with Crippen LogP contribution in [0.4, 0.5) is 10.2 Å². The minimum Gasteiger partial charge on any atom is -0.467 e. The number of alkyl halides is 1. The molecule has 2 aromatic heterocycles. The van der Waals surface area contributed by atoms with Crippen LogP contribution in [-0.4, -0.2) is 107 Å². The number of benzene rings is 1. The quantitative estimate of drug-likeness (QED) is 0.508. The zero-order valence-corrected chi connectivity index (χ0v) is 22.2. The van der Waals surface area contributed by atoms with Crippen LogP contribution >= 0.6 is 0 Å². The van der Waals surface area contributed by atoms with Gasteiger partial charge in [-0.25, -0.2) is 9.07 Å². The average molecular weight is 522 g/mol. The molecule has 0 amide bonds. The molecule has 38 heavy (non-hydrogen) atoms. The summed E-state index contributed by atoms with van der Waals surface area (Å²) in [5.41, 5.74) is 3.11. The van der Waals surface area contributed by atoms with E-state index in [-0.39, 0.29) is 5.92 Å². The number of methoxy groups -OCH3 is 1. The number of halogens is 1. The molecule has 4 aliphatic heterocycles. The number of piperazine rings is 1. The van der Waals surface area contributed by atoms with Gasteiger partial charge in [-0.05, 0) is 62.5 Å². The fourth-order valence-electron chi connectivity index (χ4n) is 6.79. The molecule has 6 heterocycles. The van der Waals surface area contributed by atoms with Gasteiger partial charge in [-0.15, -0.1) is 0 Å². The third-order valence-corrected chi connectivity index (χ3v) is 9.05. The minimum absolute atomic E-state index is 0.127. The highest BCUT2D eigenvalue weighted by atomic mass is 19.1. The maximum absolute atomic E-state index is 15.5. The first kappa shape index (κ1) is 24.2. The highest BCUT2D eigenvalue weighted by molar-refractivity contribution is 5.82. The molecule has 0 radical (unpaired) electrons. The van der Waals surface area contributed by atoms with Gasteiger partial charge in [0.25, 0.3) is 0 Å². The summed E-state index contributed by atoms with van der Waals surface area (Å²) in [5, 5.41) is 5.73. The highest BCUT2D eigenvalue weighted by Crippen LogP contribution is 2.36. The number of aryl methyl sites for hydroxylation is 1. The lowest BCUT2D eigenvalue weighted by molar-refractivity contribution is -0.0807. The van der Waals surface area contributed by atoms with E-state index in [1.165, 1.54) is 19.4 Å². The van der Waals surface area contributed by atoms with E-state index >= 15 is 4.39 Å². The molecular weight excluding hydrogens is 485 g/mol. The Morgan fingerprint density at radius 1 is 0.947 bits per heavy atom. The number of anilines is 1. The Kier molecular flexibility index (Phi) is 6.21. The van der Waals surface area contributed by atoms with Crippen molar-refractivity contribution in [3.63, 3.8) is 0 Å². The summed E-state index contributed by atoms with van der Waals surface area (Å²) in [6.07, 6.45) is 4.27. The molecule has 0 saturated carbocycles. The molecule has 0 N–H and O–H groups in total. The summed E-state index contributed by atoms with van der Waals surface area (Å²) in [4.78, 5) is 16.5. The van der Waals surface area contributed by atoms with Gasteiger partial charge < -0.3 is 14.4 Å². The summed E-state index contributed by atoms with van der Waals surface area (Å²) in [5.74, 6) is 1.41. The van der Waals surface area contributed by atoms with E-state index in [0.29, 0.717) is 30.5 Å². The monoisotopic (exact) mass is 521 g/mol. The topological polar surface area (TPSA) is 71.8 Å². The SMILES string of the molecule is COc1nc(N2CCN3CCC[C@H]3C2)cc(-n2ncc3cc(C)c(C4CCN(C5COC5)CC4F)cc32)n1. The molecular formula is C28H36FN7O2. The Labute approximate surface area is 222 Å². The van der Waals surface area contributed by atoms with Gasteiger partial charge in [0.2, 0.25) is 0 Å². The Hall–Kier alpha value is -2.82. The van der Waals surface area contributed by atoms with Gasteiger partial charge in [-0.3, -0.25) is 9.80 Å². The molecule has 10 heteroatoms. The fourth-order valence-corrected chi connectivity index (χ4v) is 6.79. The normalized spacial score (nSPS) is 27.0. The number of ether oxygens (including phenoxy) is 2. The molecule has 0 spiro atoms. The van der Waals surface area contributed by atoms with Crippen molar-refractivity contribution in [1.82, 2.24) is 29.5 Å². The molecule has 4 fully saturated rings. The Balaban J connectivity index is 1.21. The van der Waals surface area contributed by atoms with E-state index in [9.17, 15) is 0 Å². The second-order valence-corrected chi connectivity index (χ2v) is 11.3. The molecule has 2 unspecified atom stereocenters. The van der Waals surface area contributed by atoms with Gasteiger partial charge in [0, 0.05) is 49.6 Å². The summed E-state index contributed by atoms with van der Waals surface area (Å²) in [6, 6.07) is 7.56. The van der Waals surface area contributed by atoms with Crippen LogP contribution in [0.15, 0.2) is 24.4 Å². The van der Waals surface area contributed by atoms with E-state index < -0.39 is 6.17 Å². The number of fused-ring (bicyclic) bond motifs is 2. The summed E-state index contributed by atoms with van der Waals surface area (Å²) in [7, 11) is 1.60. The number of rotatable bonds is 5. The number of likely N-dealkylation sites (tertiary alicyclic amines) is 1. The Morgan fingerprint density at radius 3 is 2.61 bits per heavy atom. The molecule has 7 rings (SSSR count). The molecule has 0 bridgehead atoms. The van der Waals surface area contributed by atoms with Crippen LogP contribution in [0.25, 0.3) is 16.7 Å². The number of piperidine rings is 1. The van der Waals surface area contributed by atoms with Gasteiger partial charge in [-0.1, -0.05) is 0 Å². The number of nitrogens with zero attached hydrogens (tertiary/aromatic N) is 7. The van der Waals surface area contributed by atoms with Crippen molar-refractivity contribution in [3.8, 4) is 11.8 Å². The molecule has 4 aliphatic rings. The van der Waals surface area contributed by atoms with Crippen molar-refractivity contribution >= 4 is 16.7 Å². The van der Waals surface area contributed by atoms with Crippen molar-refractivity contribution in [1.29, 1.82) is 0 Å². The van der Waals surface area contributed by atoms with Crippen LogP contribution in [0.1, 0.15) is 36.3 Å². The van der Waals surface area contributed by atoms with Gasteiger partial charge >= 0.3 is 6.01 Å². The Morgan fingerprint density at radius 2 is 1.82 bits per heavy atom. The maximum atomic E-state index is 15.5. The molecule has 9 nitrogen and oxygen atoms in total. The summed E-state index contributed by atoms with van der Waals surface area (Å²) >= 11 is 0. The van der Waals surface area contributed by atoms with E-state index in [0.717, 1.165) is 73.7 Å². The second kappa shape index (κ2) is 9.73. The van der Waals surface area contributed by atoms with Gasteiger partial charge in [-0.2, -0.15) is 15.1 Å². The zero-order chi connectivity index (χ0) is 25.8. The molecule has 0 aliphatic carbocycles. The van der Waals surface area contributed by atoms with Crippen molar-refractivity contribution < 1.29 is 13.9 Å². The smallest absolute Gasteiger partial charge is 0.320 e. The predicted molar refractivity (Wildman–Crippen MR) is 143 cm³/mol. The largest absolute Gasteiger partial charge is 0.467 e. The van der Waals surface area contributed by atoms with E-state index in [2.05, 4.69) is 38.7 Å². The van der Waals surface area contributed by atoms with Crippen molar-refractivity contribution in [3.05, 3.63) is 35.5 Å². The Bertz CT molecular complexity index is 1330. The summed E-state index contributed by atoms with van der Waals surface area (Å²) in [6.45, 7) is 9.05. The van der Waals surface area contributed by atoms with Crippen LogP contribution in [0.3, 0.4) is 0 Å². The maximum Gasteiger partial charge on any atom is 0.320 e. The van der Waals surface area contributed by atoms with Crippen LogP contribution < -0.4 is 9.64 Å². The lowest BCUT2D eigenvalue weighted by Crippen LogP contribution is -2.54. The van der Waals surface area contributed by atoms with Gasteiger partial charge in [0.05, 0.1) is 38.1 Å². The molecule has 3 aromatic rings. The first-order valence-corrected chi connectivity index (χ1v) is 13.9. The molecule has 3 atom stereocenters. The second-order valence-electron chi connectivity index (χ2n) is 11.3. The van der Waals surface area contributed by atoms with E-state index in [1.807, 2.05) is 16.9 Å². The lowest BCUT2D eigenvalue weighted by atomic mass is 9.84. The molecule has 1 aromatic carbocycles. The average Bonchev–Trinajstić information content (AvgIpc) is 3.53. The standard InChI is InChI=1S/C28H36FN7O2/c1-18-10-19-13-30-36(25(19)11-23(18)22-5-7-34(15-24(22)29)21-16-38-17-21)27-12-26(31-28(32-27)37-2)35-9-8-33-6-3-4-20(33)14-35/h10-13,20-22,24H,3-9,14-17H2,1-2H3/t20-,22?,24?/m0/s1. The number of aromatic nitrogens is 4. The first-order chi connectivity index (χ1) is 18.6. The van der Waals surface area contributed by atoms with Gasteiger partial charge in [0.15, 0.2) is 5.82 Å².